The van der Waals surface area contributed by atoms with Gasteiger partial charge in [-0.1, -0.05) is 0 Å². The highest BCUT2D eigenvalue weighted by atomic mass is 79.9. The molecule has 2 rings (SSSR count). The van der Waals surface area contributed by atoms with E-state index < -0.39 is 21.5 Å². The highest BCUT2D eigenvalue weighted by molar-refractivity contribution is 9.10. The summed E-state index contributed by atoms with van der Waals surface area (Å²) in [6.07, 6.45) is 1.28. The number of nitro groups is 2. The van der Waals surface area contributed by atoms with Crippen LogP contribution in [0.25, 0.3) is 0 Å². The van der Waals surface area contributed by atoms with Crippen LogP contribution in [0.5, 0.6) is 11.5 Å². The van der Waals surface area contributed by atoms with Gasteiger partial charge in [0.25, 0.3) is 0 Å². The molecule has 23 heavy (non-hydrogen) atoms. The number of hydrogen-bond acceptors (Lipinski definition) is 8. The maximum Gasteiger partial charge on any atom is 0.407 e. The Morgan fingerprint density at radius 2 is 1.57 bits per heavy atom. The molecule has 0 saturated heterocycles. The molecule has 10 nitrogen and oxygen atoms in total. The van der Waals surface area contributed by atoms with E-state index in [-0.39, 0.29) is 11.5 Å². The third-order valence-electron chi connectivity index (χ3n) is 2.59. The smallest absolute Gasteiger partial charge is 0.407 e. The minimum Gasteiger partial charge on any atom is -0.501 e. The molecule has 122 valence electrons. The zero-order valence-corrected chi connectivity index (χ0v) is 13.5. The molecule has 2 aromatic rings. The van der Waals surface area contributed by atoms with Crippen LogP contribution in [0.2, 0.25) is 0 Å². The zero-order valence-electron chi connectivity index (χ0n) is 11.9. The minimum atomic E-state index is -0.729. The quantitative estimate of drug-likeness (QED) is 0.453. The molecule has 0 aromatic carbocycles. The summed E-state index contributed by atoms with van der Waals surface area (Å²) in [5, 5.41) is 38.7. The Morgan fingerprint density at radius 3 is 2.04 bits per heavy atom. The van der Waals surface area contributed by atoms with Crippen molar-refractivity contribution >= 4 is 27.6 Å². The van der Waals surface area contributed by atoms with E-state index in [4.69, 9.17) is 10.2 Å². The number of pyridine rings is 2. The lowest BCUT2D eigenvalue weighted by Gasteiger charge is -1.98. The fourth-order valence-corrected chi connectivity index (χ4v) is 1.92. The normalized spacial score (nSPS) is 9.70. The summed E-state index contributed by atoms with van der Waals surface area (Å²) in [5.41, 5.74) is 0.871. The monoisotopic (exact) mass is 386 g/mol. The number of nitrogens with zero attached hydrogens (tertiary/aromatic N) is 4. The van der Waals surface area contributed by atoms with Gasteiger partial charge in [0.1, 0.15) is 6.20 Å². The van der Waals surface area contributed by atoms with Crippen molar-refractivity contribution in [2.75, 3.05) is 0 Å². The molecule has 0 amide bonds. The Balaban J connectivity index is 0.000000231. The summed E-state index contributed by atoms with van der Waals surface area (Å²) in [6, 6.07) is 3.00. The molecule has 0 aliphatic carbocycles. The second-order valence-electron chi connectivity index (χ2n) is 4.25. The van der Waals surface area contributed by atoms with Crippen LogP contribution in [-0.2, 0) is 0 Å². The van der Waals surface area contributed by atoms with Crippen molar-refractivity contribution in [1.82, 2.24) is 9.97 Å². The molecule has 0 aliphatic heterocycles. The molecule has 0 fully saturated rings. The first-order valence-electron chi connectivity index (χ1n) is 5.94. The highest BCUT2D eigenvalue weighted by Crippen LogP contribution is 2.29. The van der Waals surface area contributed by atoms with Crippen molar-refractivity contribution < 1.29 is 20.1 Å². The minimum absolute atomic E-state index is 0.338. The topological polar surface area (TPSA) is 153 Å². The van der Waals surface area contributed by atoms with Crippen molar-refractivity contribution in [3.05, 3.63) is 54.3 Å². The van der Waals surface area contributed by atoms with Crippen molar-refractivity contribution in [1.29, 1.82) is 0 Å². The SMILES string of the molecule is Cc1cc(Br)nc([N+](=O)[O-])c1O.Cc1ccnc([N+](=O)[O-])c1O. The fourth-order valence-electron chi connectivity index (χ4n) is 1.41. The van der Waals surface area contributed by atoms with Crippen molar-refractivity contribution in [3.63, 3.8) is 0 Å². The van der Waals surface area contributed by atoms with E-state index in [1.165, 1.54) is 18.3 Å². The molecule has 0 spiro atoms. The number of aromatic hydroxyl groups is 2. The van der Waals surface area contributed by atoms with Gasteiger partial charge in [0, 0.05) is 33.1 Å². The van der Waals surface area contributed by atoms with Crippen molar-refractivity contribution in [2.45, 2.75) is 13.8 Å². The first kappa shape index (κ1) is 18.2. The molecule has 0 aliphatic rings. The van der Waals surface area contributed by atoms with E-state index in [1.54, 1.807) is 13.8 Å². The van der Waals surface area contributed by atoms with E-state index in [1.807, 2.05) is 0 Å². The summed E-state index contributed by atoms with van der Waals surface area (Å²) in [4.78, 5) is 25.9. The maximum atomic E-state index is 10.3. The van der Waals surface area contributed by atoms with Gasteiger partial charge < -0.3 is 30.4 Å². The average Bonchev–Trinajstić information content (AvgIpc) is 2.46. The van der Waals surface area contributed by atoms with Gasteiger partial charge in [0.2, 0.25) is 16.1 Å². The number of rotatable bonds is 2. The van der Waals surface area contributed by atoms with Gasteiger partial charge in [-0.15, -0.1) is 0 Å². The molecular weight excluding hydrogens is 376 g/mol. The van der Waals surface area contributed by atoms with Crippen LogP contribution >= 0.6 is 15.9 Å². The summed E-state index contributed by atoms with van der Waals surface area (Å²) in [6.45, 7) is 3.14. The summed E-state index contributed by atoms with van der Waals surface area (Å²) in [5.74, 6) is -1.77. The van der Waals surface area contributed by atoms with Crippen LogP contribution in [0.1, 0.15) is 11.1 Å². The number of hydrogen-bond donors (Lipinski definition) is 2. The number of halogens is 1. The predicted molar refractivity (Wildman–Crippen MR) is 82.3 cm³/mol. The fraction of sp³-hybridized carbons (Fsp3) is 0.167. The van der Waals surface area contributed by atoms with Gasteiger partial charge in [0.05, 0.1) is 0 Å². The van der Waals surface area contributed by atoms with Gasteiger partial charge in [-0.2, -0.15) is 0 Å². The van der Waals surface area contributed by atoms with E-state index >= 15 is 0 Å². The van der Waals surface area contributed by atoms with Gasteiger partial charge >= 0.3 is 11.6 Å². The van der Waals surface area contributed by atoms with Crippen molar-refractivity contribution in [2.24, 2.45) is 0 Å². The van der Waals surface area contributed by atoms with Crippen LogP contribution in [0.15, 0.2) is 22.9 Å². The molecule has 0 radical (unpaired) electrons. The molecular formula is C12H11BrN4O6. The Labute approximate surface area is 137 Å². The summed E-state index contributed by atoms with van der Waals surface area (Å²) in [7, 11) is 0. The lowest BCUT2D eigenvalue weighted by atomic mass is 10.3. The van der Waals surface area contributed by atoms with Crippen LogP contribution in [0.3, 0.4) is 0 Å². The molecule has 2 heterocycles. The molecule has 0 bridgehead atoms. The summed E-state index contributed by atoms with van der Waals surface area (Å²) >= 11 is 2.99. The molecule has 0 unspecified atom stereocenters. The molecule has 2 aromatic heterocycles. The molecule has 11 heteroatoms. The second-order valence-corrected chi connectivity index (χ2v) is 5.06. The predicted octanol–water partition coefficient (Wildman–Crippen LogP) is 2.77. The first-order chi connectivity index (χ1) is 10.6. The standard InChI is InChI=1S/C6H5BrN2O3.C6H6N2O3/c1-3-2-4(7)8-6(5(3)10)9(11)12;1-4-2-3-7-6(5(4)9)8(10)11/h2,10H,1H3;2-3,9H,1H3. The van der Waals surface area contributed by atoms with Gasteiger partial charge in [-0.3, -0.25) is 0 Å². The first-order valence-corrected chi connectivity index (χ1v) is 6.74. The van der Waals surface area contributed by atoms with Crippen LogP contribution in [0.4, 0.5) is 11.6 Å². The largest absolute Gasteiger partial charge is 0.501 e. The van der Waals surface area contributed by atoms with E-state index in [0.717, 1.165) is 0 Å². The lowest BCUT2D eigenvalue weighted by molar-refractivity contribution is -0.390. The van der Waals surface area contributed by atoms with E-state index in [2.05, 4.69) is 25.9 Å². The third kappa shape index (κ3) is 4.57. The summed E-state index contributed by atoms with van der Waals surface area (Å²) < 4.78 is 0.338. The van der Waals surface area contributed by atoms with Gasteiger partial charge in [-0.25, -0.2) is 0 Å². The van der Waals surface area contributed by atoms with Gasteiger partial charge in [-0.05, 0) is 39.7 Å². The molecule has 0 saturated carbocycles. The average molecular weight is 387 g/mol. The number of aryl methyl sites for hydroxylation is 2. The van der Waals surface area contributed by atoms with E-state index in [9.17, 15) is 20.2 Å². The Bertz CT molecular complexity index is 767. The van der Waals surface area contributed by atoms with E-state index in [0.29, 0.717) is 15.7 Å². The van der Waals surface area contributed by atoms with Gasteiger partial charge in [0.15, 0.2) is 0 Å². The van der Waals surface area contributed by atoms with Crippen LogP contribution in [0, 0.1) is 34.1 Å². The van der Waals surface area contributed by atoms with Crippen LogP contribution in [-0.4, -0.2) is 30.0 Å². The van der Waals surface area contributed by atoms with Crippen LogP contribution < -0.4 is 0 Å². The second kappa shape index (κ2) is 7.45. The zero-order chi connectivity index (χ0) is 17.7. The lowest BCUT2D eigenvalue weighted by Crippen LogP contribution is -1.94. The Kier molecular flexibility index (Phi) is 5.90. The Hall–Kier alpha value is -2.82. The third-order valence-corrected chi connectivity index (χ3v) is 2.99. The number of aromatic nitrogens is 2. The Morgan fingerprint density at radius 1 is 1.04 bits per heavy atom. The maximum absolute atomic E-state index is 10.3. The van der Waals surface area contributed by atoms with Crippen molar-refractivity contribution in [3.8, 4) is 11.5 Å². The molecule has 2 N–H and O–H groups in total. The highest BCUT2D eigenvalue weighted by Gasteiger charge is 2.18. The molecule has 0 atom stereocenters.